The van der Waals surface area contributed by atoms with Crippen molar-refractivity contribution >= 4 is 16.8 Å². The Hall–Kier alpha value is -1.16. The van der Waals surface area contributed by atoms with E-state index in [1.165, 1.54) is 4.68 Å². The molecule has 100 valence electrons. The van der Waals surface area contributed by atoms with Crippen LogP contribution in [-0.2, 0) is 23.2 Å². The number of hydrogen-bond acceptors (Lipinski definition) is 3. The number of halogens is 1. The largest absolute Gasteiger partial charge is 0.281 e. The van der Waals surface area contributed by atoms with Gasteiger partial charge in [0, 0.05) is 23.9 Å². The zero-order valence-corrected chi connectivity index (χ0v) is 12.0. The highest BCUT2D eigenvalue weighted by atomic mass is 35.5. The summed E-state index contributed by atoms with van der Waals surface area (Å²) in [5.41, 5.74) is 1.18. The maximum absolute atomic E-state index is 12.0. The molecule has 0 saturated carbocycles. The highest BCUT2D eigenvalue weighted by Gasteiger charge is 2.19. The molecule has 1 heterocycles. The zero-order chi connectivity index (χ0) is 13.9. The second-order valence-corrected chi connectivity index (χ2v) is 5.70. The van der Waals surface area contributed by atoms with Gasteiger partial charge in [0.15, 0.2) is 0 Å². The van der Waals surface area contributed by atoms with Crippen molar-refractivity contribution in [2.45, 2.75) is 52.5 Å². The number of aryl methyl sites for hydroxylation is 2. The molecular formula is C13H19ClN2O2. The molecule has 1 rings (SSSR count). The average molecular weight is 271 g/mol. The number of carbonyl (C=O) groups excluding carboxylic acids is 1. The summed E-state index contributed by atoms with van der Waals surface area (Å²) < 4.78 is 1.44. The summed E-state index contributed by atoms with van der Waals surface area (Å²) >= 11 is 5.32. The lowest BCUT2D eigenvalue weighted by Gasteiger charge is -2.19. The molecule has 0 bridgehead atoms. The predicted octanol–water partition coefficient (Wildman–Crippen LogP) is 2.26. The summed E-state index contributed by atoms with van der Waals surface area (Å²) in [6.45, 7) is 8.50. The van der Waals surface area contributed by atoms with Crippen molar-refractivity contribution in [1.29, 1.82) is 0 Å². The Balaban J connectivity index is 3.23. The molecule has 0 atom stereocenters. The van der Waals surface area contributed by atoms with Crippen LogP contribution in [0.3, 0.4) is 0 Å². The minimum atomic E-state index is -0.424. The number of carbonyl (C=O) groups is 1. The Morgan fingerprint density at radius 3 is 2.50 bits per heavy atom. The van der Waals surface area contributed by atoms with Crippen molar-refractivity contribution in [3.8, 4) is 0 Å². The highest BCUT2D eigenvalue weighted by Crippen LogP contribution is 2.19. The number of rotatable bonds is 4. The molecule has 0 saturated heterocycles. The van der Waals surface area contributed by atoms with Gasteiger partial charge in [-0.15, -0.1) is 0 Å². The van der Waals surface area contributed by atoms with Gasteiger partial charge in [-0.2, -0.15) is 5.10 Å². The molecule has 1 aromatic heterocycles. The van der Waals surface area contributed by atoms with Crippen LogP contribution >= 0.6 is 11.6 Å². The topological polar surface area (TPSA) is 52.0 Å². The SMILES string of the molecule is CCn1nc(C(C)(C)C)cc(CCC(=O)Cl)c1=O. The summed E-state index contributed by atoms with van der Waals surface area (Å²) in [5, 5.41) is 3.91. The minimum absolute atomic E-state index is 0.135. The van der Waals surface area contributed by atoms with E-state index >= 15 is 0 Å². The third-order valence-electron chi connectivity index (χ3n) is 2.71. The Kier molecular flexibility index (Phi) is 4.68. The molecule has 0 unspecified atom stereocenters. The lowest BCUT2D eigenvalue weighted by molar-refractivity contribution is -0.111. The molecule has 0 N–H and O–H groups in total. The van der Waals surface area contributed by atoms with E-state index in [0.717, 1.165) is 5.69 Å². The Morgan fingerprint density at radius 1 is 1.44 bits per heavy atom. The van der Waals surface area contributed by atoms with Crippen molar-refractivity contribution in [2.75, 3.05) is 0 Å². The first-order valence-electron chi connectivity index (χ1n) is 6.05. The molecule has 0 amide bonds. The fourth-order valence-corrected chi connectivity index (χ4v) is 1.68. The second-order valence-electron chi connectivity index (χ2n) is 5.28. The van der Waals surface area contributed by atoms with E-state index in [1.807, 2.05) is 27.7 Å². The van der Waals surface area contributed by atoms with Crippen molar-refractivity contribution in [3.63, 3.8) is 0 Å². The first-order valence-corrected chi connectivity index (χ1v) is 6.43. The van der Waals surface area contributed by atoms with Crippen molar-refractivity contribution in [3.05, 3.63) is 27.7 Å². The lowest BCUT2D eigenvalue weighted by Crippen LogP contribution is -2.30. The van der Waals surface area contributed by atoms with Crippen LogP contribution in [0, 0.1) is 0 Å². The normalized spacial score (nSPS) is 11.6. The molecule has 18 heavy (non-hydrogen) atoms. The standard InChI is InChI=1S/C13H19ClN2O2/c1-5-16-12(18)9(6-7-11(14)17)8-10(15-16)13(2,3)4/h8H,5-7H2,1-4H3. The average Bonchev–Trinajstić information content (AvgIpc) is 2.26. The van der Waals surface area contributed by atoms with Crippen LogP contribution in [0.25, 0.3) is 0 Å². The molecule has 1 aromatic rings. The quantitative estimate of drug-likeness (QED) is 0.789. The molecular weight excluding hydrogens is 252 g/mol. The maximum Gasteiger partial charge on any atom is 0.269 e. The molecule has 0 radical (unpaired) electrons. The van der Waals surface area contributed by atoms with Gasteiger partial charge in [-0.3, -0.25) is 9.59 Å². The fourth-order valence-electron chi connectivity index (χ4n) is 1.59. The van der Waals surface area contributed by atoms with Crippen molar-refractivity contribution in [1.82, 2.24) is 9.78 Å². The lowest BCUT2D eigenvalue weighted by atomic mass is 9.91. The van der Waals surface area contributed by atoms with Gasteiger partial charge >= 0.3 is 0 Å². The zero-order valence-electron chi connectivity index (χ0n) is 11.3. The summed E-state index contributed by atoms with van der Waals surface area (Å²) in [7, 11) is 0. The molecule has 5 heteroatoms. The molecule has 0 aliphatic rings. The maximum atomic E-state index is 12.0. The van der Waals surface area contributed by atoms with Gasteiger partial charge in [-0.1, -0.05) is 20.8 Å². The van der Waals surface area contributed by atoms with E-state index < -0.39 is 5.24 Å². The van der Waals surface area contributed by atoms with Crippen molar-refractivity contribution in [2.24, 2.45) is 0 Å². The number of aromatic nitrogens is 2. The fraction of sp³-hybridized carbons (Fsp3) is 0.615. The van der Waals surface area contributed by atoms with E-state index in [0.29, 0.717) is 18.5 Å². The Bertz CT molecular complexity index is 501. The van der Waals surface area contributed by atoms with Gasteiger partial charge in [0.25, 0.3) is 5.56 Å². The van der Waals surface area contributed by atoms with Gasteiger partial charge in [0.05, 0.1) is 5.69 Å². The molecule has 4 nitrogen and oxygen atoms in total. The number of nitrogens with zero attached hydrogens (tertiary/aromatic N) is 2. The summed E-state index contributed by atoms with van der Waals surface area (Å²) in [5.74, 6) is 0. The molecule has 0 aliphatic heterocycles. The van der Waals surface area contributed by atoms with E-state index in [2.05, 4.69) is 5.10 Å². The van der Waals surface area contributed by atoms with Crippen LogP contribution < -0.4 is 5.56 Å². The molecule has 0 fully saturated rings. The van der Waals surface area contributed by atoms with Gasteiger partial charge in [0.1, 0.15) is 0 Å². The van der Waals surface area contributed by atoms with Crippen LogP contribution in [0.2, 0.25) is 0 Å². The van der Waals surface area contributed by atoms with E-state index in [4.69, 9.17) is 11.6 Å². The first kappa shape index (κ1) is 14.9. The minimum Gasteiger partial charge on any atom is -0.281 e. The van der Waals surface area contributed by atoms with E-state index in [1.54, 1.807) is 6.07 Å². The summed E-state index contributed by atoms with van der Waals surface area (Å²) in [4.78, 5) is 22.8. The third kappa shape index (κ3) is 3.67. The number of hydrogen-bond donors (Lipinski definition) is 0. The van der Waals surface area contributed by atoms with Crippen LogP contribution in [0.4, 0.5) is 0 Å². The molecule has 0 spiro atoms. The Morgan fingerprint density at radius 2 is 2.06 bits per heavy atom. The van der Waals surface area contributed by atoms with E-state index in [-0.39, 0.29) is 17.4 Å². The van der Waals surface area contributed by atoms with Gasteiger partial charge in [0.2, 0.25) is 5.24 Å². The van der Waals surface area contributed by atoms with Crippen LogP contribution in [0.15, 0.2) is 10.9 Å². The molecule has 0 aliphatic carbocycles. The van der Waals surface area contributed by atoms with E-state index in [9.17, 15) is 9.59 Å². The summed E-state index contributed by atoms with van der Waals surface area (Å²) in [6.07, 6.45) is 0.543. The van der Waals surface area contributed by atoms with Crippen LogP contribution in [0.5, 0.6) is 0 Å². The smallest absolute Gasteiger partial charge is 0.269 e. The van der Waals surface area contributed by atoms with Gasteiger partial charge in [-0.05, 0) is 31.0 Å². The third-order valence-corrected chi connectivity index (χ3v) is 2.90. The van der Waals surface area contributed by atoms with Gasteiger partial charge in [-0.25, -0.2) is 4.68 Å². The first-order chi connectivity index (χ1) is 8.25. The van der Waals surface area contributed by atoms with Crippen LogP contribution in [0.1, 0.15) is 45.4 Å². The summed E-state index contributed by atoms with van der Waals surface area (Å²) in [6, 6.07) is 1.79. The molecule has 0 aromatic carbocycles. The predicted molar refractivity (Wildman–Crippen MR) is 72.1 cm³/mol. The van der Waals surface area contributed by atoms with Crippen molar-refractivity contribution < 1.29 is 4.79 Å². The monoisotopic (exact) mass is 270 g/mol. The second kappa shape index (κ2) is 5.65. The van der Waals surface area contributed by atoms with Crippen LogP contribution in [-0.4, -0.2) is 15.0 Å². The Labute approximate surface area is 112 Å². The van der Waals surface area contributed by atoms with Gasteiger partial charge < -0.3 is 0 Å². The highest BCUT2D eigenvalue weighted by molar-refractivity contribution is 6.63.